The first-order chi connectivity index (χ1) is 17.1. The highest BCUT2D eigenvalue weighted by Crippen LogP contribution is 2.38. The molecule has 3 aromatic carbocycles. The summed E-state index contributed by atoms with van der Waals surface area (Å²) in [6.45, 7) is 4.40. The van der Waals surface area contributed by atoms with Crippen LogP contribution in [0.15, 0.2) is 84.9 Å². The van der Waals surface area contributed by atoms with Crippen molar-refractivity contribution in [3.05, 3.63) is 96.1 Å². The van der Waals surface area contributed by atoms with E-state index in [0.29, 0.717) is 0 Å². The van der Waals surface area contributed by atoms with Gasteiger partial charge in [0.25, 0.3) is 0 Å². The van der Waals surface area contributed by atoms with E-state index in [1.54, 1.807) is 0 Å². The van der Waals surface area contributed by atoms with Gasteiger partial charge in [-0.2, -0.15) is 0 Å². The van der Waals surface area contributed by atoms with Crippen molar-refractivity contribution in [3.8, 4) is 32.0 Å². The third-order valence-corrected chi connectivity index (χ3v) is 6.95. The van der Waals surface area contributed by atoms with Crippen LogP contribution >= 0.6 is 11.3 Å². The molecule has 0 amide bonds. The molecule has 0 bridgehead atoms. The summed E-state index contributed by atoms with van der Waals surface area (Å²) < 4.78 is 34.0. The Morgan fingerprint density at radius 1 is 0.583 bits per heavy atom. The Kier molecular flexibility index (Phi) is 9.56. The molecule has 4 rings (SSSR count). The van der Waals surface area contributed by atoms with Crippen molar-refractivity contribution in [3.63, 3.8) is 0 Å². The lowest BCUT2D eigenvalue weighted by molar-refractivity contribution is -2.00. The normalized spacial score (nSPS) is 11.0. The van der Waals surface area contributed by atoms with Crippen molar-refractivity contribution in [2.45, 2.75) is 26.7 Å². The van der Waals surface area contributed by atoms with E-state index in [4.69, 9.17) is 18.6 Å². The summed E-state index contributed by atoms with van der Waals surface area (Å²) in [4.78, 5) is 4.73. The maximum atomic E-state index is 8.49. The lowest BCUT2D eigenvalue weighted by Gasteiger charge is -2.17. The fourth-order valence-corrected chi connectivity index (χ4v) is 4.83. The SMILES string of the molecule is CCc1ccc(-c2cc(-c3ccc(N(C)C)cc3)cc(-c3ccc(CC)cc3)[s+]2)cc1.[O-][Cl+3]([O-])([O-])[O-]. The molecule has 0 saturated heterocycles. The van der Waals surface area contributed by atoms with Gasteiger partial charge in [0.15, 0.2) is 0 Å². The predicted octanol–water partition coefficient (Wildman–Crippen LogP) is 3.47. The highest BCUT2D eigenvalue weighted by Gasteiger charge is 2.19. The molecule has 0 fully saturated rings. The van der Waals surface area contributed by atoms with Crippen LogP contribution in [0.25, 0.3) is 32.0 Å². The third-order valence-electron chi connectivity index (χ3n) is 5.80. The summed E-state index contributed by atoms with van der Waals surface area (Å²) in [5.41, 5.74) is 9.03. The zero-order valence-electron chi connectivity index (χ0n) is 20.9. The van der Waals surface area contributed by atoms with Gasteiger partial charge in [0.2, 0.25) is 21.1 Å². The number of benzene rings is 3. The molecular weight excluding hydrogens is 494 g/mol. The largest absolute Gasteiger partial charge is 0.378 e. The maximum absolute atomic E-state index is 8.49. The zero-order chi connectivity index (χ0) is 26.3. The van der Waals surface area contributed by atoms with Crippen molar-refractivity contribution in [2.75, 3.05) is 19.0 Å². The Hall–Kier alpha value is -2.84. The van der Waals surface area contributed by atoms with E-state index in [1.165, 1.54) is 48.8 Å². The predicted molar refractivity (Wildman–Crippen MR) is 138 cm³/mol. The lowest BCUT2D eigenvalue weighted by atomic mass is 10.0. The lowest BCUT2D eigenvalue weighted by Crippen LogP contribution is -2.68. The van der Waals surface area contributed by atoms with E-state index in [1.807, 2.05) is 11.3 Å². The molecule has 5 nitrogen and oxygen atoms in total. The van der Waals surface area contributed by atoms with Gasteiger partial charge in [-0.3, -0.25) is 0 Å². The molecule has 1 heterocycles. The van der Waals surface area contributed by atoms with Crippen LogP contribution in [0.1, 0.15) is 25.0 Å². The number of nitrogens with zero attached hydrogens (tertiary/aromatic N) is 1. The highest BCUT2D eigenvalue weighted by molar-refractivity contribution is 7.18. The summed E-state index contributed by atoms with van der Waals surface area (Å²) in [7, 11) is -0.787. The Morgan fingerprint density at radius 3 is 1.28 bits per heavy atom. The van der Waals surface area contributed by atoms with Crippen molar-refractivity contribution in [2.24, 2.45) is 0 Å². The first-order valence-electron chi connectivity index (χ1n) is 11.6. The Morgan fingerprint density at radius 2 is 0.944 bits per heavy atom. The average Bonchev–Trinajstić information content (AvgIpc) is 2.87. The fraction of sp³-hybridized carbons (Fsp3) is 0.207. The minimum atomic E-state index is -4.94. The molecule has 0 aliphatic rings. The van der Waals surface area contributed by atoms with Crippen molar-refractivity contribution >= 4 is 17.0 Å². The second-order valence-electron chi connectivity index (χ2n) is 8.49. The first kappa shape index (κ1) is 27.7. The van der Waals surface area contributed by atoms with Gasteiger partial charge in [-0.15, -0.1) is 10.2 Å². The Balaban J connectivity index is 0.000000658. The molecule has 0 aliphatic carbocycles. The smallest absolute Gasteiger partial charge is 0.239 e. The first-order valence-corrected chi connectivity index (χ1v) is 13.7. The Bertz CT molecular complexity index is 1180. The van der Waals surface area contributed by atoms with E-state index in [-0.39, 0.29) is 0 Å². The Labute approximate surface area is 219 Å². The van der Waals surface area contributed by atoms with Crippen LogP contribution in [0, 0.1) is 10.2 Å². The molecule has 0 atom stereocenters. The molecular formula is C29H30ClNO4S. The number of hydrogen-bond donors (Lipinski definition) is 0. The van der Waals surface area contributed by atoms with E-state index in [0.717, 1.165) is 12.8 Å². The number of aryl methyl sites for hydroxylation is 2. The molecule has 0 unspecified atom stereocenters. The minimum absolute atomic E-state index is 1.07. The highest BCUT2D eigenvalue weighted by atomic mass is 35.7. The van der Waals surface area contributed by atoms with Gasteiger partial charge in [0.05, 0.1) is 0 Å². The van der Waals surface area contributed by atoms with Gasteiger partial charge >= 0.3 is 0 Å². The molecule has 0 radical (unpaired) electrons. The average molecular weight is 524 g/mol. The molecule has 4 aromatic rings. The second-order valence-corrected chi connectivity index (χ2v) is 10.3. The van der Waals surface area contributed by atoms with Gasteiger partial charge < -0.3 is 4.90 Å². The van der Waals surface area contributed by atoms with Crippen LogP contribution in [0.4, 0.5) is 5.69 Å². The molecule has 0 saturated carbocycles. The summed E-state index contributed by atoms with van der Waals surface area (Å²) in [5, 5.41) is 0. The fourth-order valence-electron chi connectivity index (χ4n) is 3.71. The van der Waals surface area contributed by atoms with Crippen molar-refractivity contribution in [1.82, 2.24) is 0 Å². The third kappa shape index (κ3) is 8.10. The van der Waals surface area contributed by atoms with Gasteiger partial charge in [-0.1, -0.05) is 50.2 Å². The van der Waals surface area contributed by atoms with E-state index in [9.17, 15) is 0 Å². The van der Waals surface area contributed by atoms with E-state index in [2.05, 4.69) is 118 Å². The number of halogens is 1. The van der Waals surface area contributed by atoms with Crippen LogP contribution < -0.4 is 23.5 Å². The van der Waals surface area contributed by atoms with Gasteiger partial charge in [0.1, 0.15) is 0 Å². The summed E-state index contributed by atoms with van der Waals surface area (Å²) in [6.07, 6.45) is 2.13. The standard InChI is InChI=1S/C29H30NS.ClHO4/c1-5-21-7-11-24(12-8-21)28-19-26(23-15-17-27(18-16-23)30(3)4)20-29(31-28)25-13-9-22(6-2)10-14-25;2-1(3,4)5/h7-20H,5-6H2,1-4H3;(H,2,3,4,5)/q+1;/p-1. The van der Waals surface area contributed by atoms with Crippen molar-refractivity contribution in [1.29, 1.82) is 0 Å². The minimum Gasteiger partial charge on any atom is -0.378 e. The molecule has 0 spiro atoms. The van der Waals surface area contributed by atoms with Gasteiger partial charge in [0, 0.05) is 43.0 Å². The maximum Gasteiger partial charge on any atom is 0.239 e. The summed E-state index contributed by atoms with van der Waals surface area (Å²) in [6, 6.07) is 31.5. The van der Waals surface area contributed by atoms with E-state index < -0.39 is 10.2 Å². The number of hydrogen-bond acceptors (Lipinski definition) is 5. The second kappa shape index (κ2) is 12.4. The van der Waals surface area contributed by atoms with Crippen LogP contribution in [-0.2, 0) is 12.8 Å². The molecule has 0 N–H and O–H groups in total. The van der Waals surface area contributed by atoms with Gasteiger partial charge in [-0.05, 0) is 71.5 Å². The molecule has 36 heavy (non-hydrogen) atoms. The van der Waals surface area contributed by atoms with Crippen LogP contribution in [0.2, 0.25) is 0 Å². The number of rotatable bonds is 6. The summed E-state index contributed by atoms with van der Waals surface area (Å²) >= 11 is 1.86. The van der Waals surface area contributed by atoms with Crippen LogP contribution in [-0.4, -0.2) is 14.1 Å². The molecule has 1 aromatic heterocycles. The molecule has 7 heteroatoms. The topological polar surface area (TPSA) is 95.5 Å². The van der Waals surface area contributed by atoms with Crippen LogP contribution in [0.5, 0.6) is 0 Å². The van der Waals surface area contributed by atoms with Crippen LogP contribution in [0.3, 0.4) is 0 Å². The number of anilines is 1. The zero-order valence-corrected chi connectivity index (χ0v) is 22.4. The monoisotopic (exact) mass is 523 g/mol. The molecule has 188 valence electrons. The quantitative estimate of drug-likeness (QED) is 0.361. The van der Waals surface area contributed by atoms with E-state index >= 15 is 0 Å². The van der Waals surface area contributed by atoms with Crippen molar-refractivity contribution < 1.29 is 28.9 Å². The summed E-state index contributed by atoms with van der Waals surface area (Å²) in [5.74, 6) is 0. The molecule has 0 aliphatic heterocycles. The van der Waals surface area contributed by atoms with Gasteiger partial charge in [-0.25, -0.2) is 18.6 Å².